The van der Waals surface area contributed by atoms with Crippen LogP contribution in [0.1, 0.15) is 115 Å². The van der Waals surface area contributed by atoms with E-state index in [0.717, 1.165) is 0 Å². The van der Waals surface area contributed by atoms with Gasteiger partial charge in [-0.2, -0.15) is 0 Å². The normalized spacial score (nSPS) is 12.8. The Labute approximate surface area is 325 Å². The highest BCUT2D eigenvalue weighted by molar-refractivity contribution is 7.22. The number of benzene rings is 3. The fourth-order valence-corrected chi connectivity index (χ4v) is 21.5. The Morgan fingerprint density at radius 3 is 1.04 bits per heavy atom. The second kappa shape index (κ2) is 16.7. The molecule has 2 aromatic heterocycles. The smallest absolute Gasteiger partial charge is 0.134 e. The van der Waals surface area contributed by atoms with Gasteiger partial charge < -0.3 is 0 Å². The van der Waals surface area contributed by atoms with Crippen molar-refractivity contribution in [3.63, 3.8) is 0 Å². The average molecular weight is 755 g/mol. The number of hydrogen-bond donors (Lipinski definition) is 0. The summed E-state index contributed by atoms with van der Waals surface area (Å²) in [4.78, 5) is 2.49. The van der Waals surface area contributed by atoms with E-state index in [1.165, 1.54) is 52.2 Å². The van der Waals surface area contributed by atoms with Crippen LogP contribution in [-0.2, 0) is 0 Å². The van der Waals surface area contributed by atoms with E-state index in [4.69, 9.17) is 0 Å². The molecule has 270 valence electrons. The monoisotopic (exact) mass is 754 g/mol. The highest BCUT2D eigenvalue weighted by Crippen LogP contribution is 2.45. The van der Waals surface area contributed by atoms with E-state index in [0.29, 0.717) is 33.2 Å². The van der Waals surface area contributed by atoms with Gasteiger partial charge in [0, 0.05) is 20.5 Å². The van der Waals surface area contributed by atoms with Crippen LogP contribution in [0.4, 0.5) is 0 Å². The standard InChI is InChI=1S/C48H58S2Si2/c1-33(2)51(34(3)4,35(5)6)29-27-43-45-31-41(25-23-39-19-15-13-16-20-39)50-48(45)44(28-30-52(36(7)8,37(9)10)38(11)12)46-32-42(49-47(43)46)26-24-40-21-17-14-18-22-40/h13-26,31-38H,1-12H3/b25-23+,26-24+. The van der Waals surface area contributed by atoms with Crippen molar-refractivity contribution in [3.05, 3.63) is 105 Å². The van der Waals surface area contributed by atoms with Crippen LogP contribution in [0.25, 0.3) is 44.5 Å². The maximum Gasteiger partial charge on any atom is 0.146 e. The molecule has 0 bridgehead atoms. The SMILES string of the molecule is CC(C)[Si](C#Cc1c2cc(/C=C/c3ccccc3)sc2c(C#C[Si](C(C)C)(C(C)C)C(C)C)c2cc(/C=C/c3ccccc3)sc12)(C(C)C)C(C)C. The van der Waals surface area contributed by atoms with Crippen LogP contribution in [0, 0.1) is 22.9 Å². The predicted molar refractivity (Wildman–Crippen MR) is 244 cm³/mol. The van der Waals surface area contributed by atoms with Crippen LogP contribution in [0.5, 0.6) is 0 Å². The molecule has 0 unspecified atom stereocenters. The van der Waals surface area contributed by atoms with Gasteiger partial charge in [-0.3, -0.25) is 0 Å². The van der Waals surface area contributed by atoms with Gasteiger partial charge in [0.15, 0.2) is 0 Å². The molecule has 0 saturated carbocycles. The Bertz CT molecular complexity index is 1910. The molecule has 0 N–H and O–H groups in total. The maximum atomic E-state index is 4.12. The molecule has 0 aliphatic rings. The molecule has 5 aromatic rings. The lowest BCUT2D eigenvalue weighted by Crippen LogP contribution is -2.43. The van der Waals surface area contributed by atoms with Crippen LogP contribution < -0.4 is 0 Å². The van der Waals surface area contributed by atoms with Crippen LogP contribution in [0.2, 0.25) is 33.2 Å². The van der Waals surface area contributed by atoms with Gasteiger partial charge in [0.2, 0.25) is 0 Å². The average Bonchev–Trinajstić information content (AvgIpc) is 3.72. The number of hydrogen-bond acceptors (Lipinski definition) is 2. The van der Waals surface area contributed by atoms with Gasteiger partial charge in [-0.1, -0.05) is 168 Å². The van der Waals surface area contributed by atoms with Crippen molar-refractivity contribution >= 4 is 83.3 Å². The zero-order valence-corrected chi connectivity index (χ0v) is 37.2. The molecule has 0 amide bonds. The third kappa shape index (κ3) is 7.93. The lowest BCUT2D eigenvalue weighted by molar-refractivity contribution is 0.838. The van der Waals surface area contributed by atoms with Crippen molar-refractivity contribution in [1.82, 2.24) is 0 Å². The summed E-state index contributed by atoms with van der Waals surface area (Å²) in [6.07, 6.45) is 9.03. The van der Waals surface area contributed by atoms with E-state index >= 15 is 0 Å². The molecule has 0 spiro atoms. The van der Waals surface area contributed by atoms with Crippen LogP contribution in [0.15, 0.2) is 72.8 Å². The highest BCUT2D eigenvalue weighted by Gasteiger charge is 2.43. The second-order valence-corrected chi connectivity index (χ2v) is 29.6. The zero-order chi connectivity index (χ0) is 37.8. The second-order valence-electron chi connectivity index (χ2n) is 16.3. The molecule has 0 nitrogen and oxygen atoms in total. The van der Waals surface area contributed by atoms with Crippen molar-refractivity contribution in [3.8, 4) is 22.9 Å². The molecular formula is C48H58S2Si2. The summed E-state index contributed by atoms with van der Waals surface area (Å²) >= 11 is 3.75. The molecular weight excluding hydrogens is 697 g/mol. The van der Waals surface area contributed by atoms with Crippen LogP contribution >= 0.6 is 22.7 Å². The van der Waals surface area contributed by atoms with Crippen molar-refractivity contribution in [2.45, 2.75) is 116 Å². The summed E-state index contributed by atoms with van der Waals surface area (Å²) in [6, 6.07) is 26.0. The van der Waals surface area contributed by atoms with Gasteiger partial charge in [-0.25, -0.2) is 0 Å². The van der Waals surface area contributed by atoms with Crippen molar-refractivity contribution in [1.29, 1.82) is 0 Å². The molecule has 0 saturated heterocycles. The van der Waals surface area contributed by atoms with Crippen LogP contribution in [-0.4, -0.2) is 16.1 Å². The molecule has 5 rings (SSSR count). The first-order valence-corrected chi connectivity index (χ1v) is 25.4. The fourth-order valence-electron chi connectivity index (χ4n) is 8.91. The Hall–Kier alpha value is -3.39. The molecule has 0 aliphatic carbocycles. The summed E-state index contributed by atoms with van der Waals surface area (Å²) in [5.74, 6) is 7.97. The molecule has 2 heterocycles. The first kappa shape index (κ1) is 39.8. The molecule has 0 atom stereocenters. The molecule has 0 radical (unpaired) electrons. The Morgan fingerprint density at radius 2 is 0.750 bits per heavy atom. The first-order valence-electron chi connectivity index (χ1n) is 19.3. The number of rotatable bonds is 10. The zero-order valence-electron chi connectivity index (χ0n) is 33.5. The lowest BCUT2D eigenvalue weighted by atomic mass is 10.0. The first-order chi connectivity index (χ1) is 24.7. The van der Waals surface area contributed by atoms with Gasteiger partial charge in [-0.15, -0.1) is 33.8 Å². The summed E-state index contributed by atoms with van der Waals surface area (Å²) in [7, 11) is -3.97. The molecule has 0 fully saturated rings. The van der Waals surface area contributed by atoms with E-state index in [1.807, 2.05) is 22.7 Å². The topological polar surface area (TPSA) is 0 Å². The van der Waals surface area contributed by atoms with E-state index in [1.54, 1.807) is 0 Å². The summed E-state index contributed by atoms with van der Waals surface area (Å²) in [5.41, 5.74) is 16.4. The van der Waals surface area contributed by atoms with Crippen LogP contribution in [0.3, 0.4) is 0 Å². The highest BCUT2D eigenvalue weighted by atomic mass is 32.1. The van der Waals surface area contributed by atoms with E-state index in [9.17, 15) is 0 Å². The van der Waals surface area contributed by atoms with Gasteiger partial charge in [0.05, 0.1) is 20.5 Å². The van der Waals surface area contributed by atoms with E-state index in [-0.39, 0.29) is 0 Å². The summed E-state index contributed by atoms with van der Waals surface area (Å²) < 4.78 is 2.55. The number of thiophene rings is 2. The fraction of sp³-hybridized carbons (Fsp3) is 0.375. The van der Waals surface area contributed by atoms with Crippen molar-refractivity contribution < 1.29 is 0 Å². The lowest BCUT2D eigenvalue weighted by Gasteiger charge is -2.38. The molecule has 0 aliphatic heterocycles. The van der Waals surface area contributed by atoms with Gasteiger partial charge in [0.1, 0.15) is 16.1 Å². The largest absolute Gasteiger partial charge is 0.146 e. The molecule has 4 heteroatoms. The molecule has 52 heavy (non-hydrogen) atoms. The quantitative estimate of drug-likeness (QED) is 0.0984. The van der Waals surface area contributed by atoms with E-state index < -0.39 is 16.1 Å². The molecule has 3 aromatic carbocycles. The minimum atomic E-state index is -1.99. The third-order valence-electron chi connectivity index (χ3n) is 11.5. The Morgan fingerprint density at radius 1 is 0.442 bits per heavy atom. The number of fused-ring (bicyclic) bond motifs is 2. The maximum absolute atomic E-state index is 4.12. The summed E-state index contributed by atoms with van der Waals surface area (Å²) in [6.45, 7) is 28.9. The Kier molecular flexibility index (Phi) is 12.8. The van der Waals surface area contributed by atoms with Gasteiger partial charge in [-0.05, 0) is 68.7 Å². The van der Waals surface area contributed by atoms with Gasteiger partial charge >= 0.3 is 0 Å². The minimum absolute atomic E-state index is 0.567. The third-order valence-corrected chi connectivity index (χ3v) is 26.3. The van der Waals surface area contributed by atoms with E-state index in [2.05, 4.69) is 203 Å². The van der Waals surface area contributed by atoms with Crippen molar-refractivity contribution in [2.24, 2.45) is 0 Å². The van der Waals surface area contributed by atoms with Crippen molar-refractivity contribution in [2.75, 3.05) is 0 Å². The predicted octanol–water partition coefficient (Wildman–Crippen LogP) is 15.6. The Balaban J connectivity index is 1.88. The summed E-state index contributed by atoms with van der Waals surface area (Å²) in [5, 5.41) is 2.51. The minimum Gasteiger partial charge on any atom is -0.134 e. The van der Waals surface area contributed by atoms with Gasteiger partial charge in [0.25, 0.3) is 0 Å².